The Bertz CT molecular complexity index is 1020. The van der Waals surface area contributed by atoms with Gasteiger partial charge in [0.15, 0.2) is 0 Å². The molecule has 3 aromatic rings. The van der Waals surface area contributed by atoms with E-state index in [-0.39, 0.29) is 18.9 Å². The molecule has 0 aliphatic carbocycles. The van der Waals surface area contributed by atoms with Gasteiger partial charge in [-0.05, 0) is 24.6 Å². The van der Waals surface area contributed by atoms with Crippen LogP contribution in [0.2, 0.25) is 0 Å². The first-order valence-corrected chi connectivity index (χ1v) is 9.15. The highest BCUT2D eigenvalue weighted by Gasteiger charge is 2.36. The Balaban J connectivity index is 1.55. The predicted octanol–water partition coefficient (Wildman–Crippen LogP) is 1.61. The van der Waals surface area contributed by atoms with Crippen LogP contribution in [-0.2, 0) is 16.0 Å². The van der Waals surface area contributed by atoms with Gasteiger partial charge in [-0.1, -0.05) is 18.2 Å². The van der Waals surface area contributed by atoms with E-state index in [4.69, 9.17) is 0 Å². The van der Waals surface area contributed by atoms with Crippen LogP contribution in [0.1, 0.15) is 11.3 Å². The van der Waals surface area contributed by atoms with E-state index in [0.29, 0.717) is 19.0 Å². The lowest BCUT2D eigenvalue weighted by Gasteiger charge is -2.39. The summed E-state index contributed by atoms with van der Waals surface area (Å²) in [6, 6.07) is 8.59. The van der Waals surface area contributed by atoms with Gasteiger partial charge in [0.05, 0.1) is 13.0 Å². The average molecular weight is 379 g/mol. The minimum absolute atomic E-state index is 0.165. The summed E-state index contributed by atoms with van der Waals surface area (Å²) in [5.41, 5.74) is 2.82. The molecule has 28 heavy (non-hydrogen) atoms. The minimum atomic E-state index is -1.02. The molecule has 1 saturated heterocycles. The highest BCUT2D eigenvalue weighted by molar-refractivity contribution is 5.92. The lowest BCUT2D eigenvalue weighted by Crippen LogP contribution is -2.59. The summed E-state index contributed by atoms with van der Waals surface area (Å²) in [6.07, 6.45) is 3.41. The van der Waals surface area contributed by atoms with Gasteiger partial charge in [0.1, 0.15) is 6.04 Å². The Morgan fingerprint density at radius 1 is 1.18 bits per heavy atom. The fraction of sp³-hybridized carbons (Fsp3) is 0.300. The largest absolute Gasteiger partial charge is 0.480 e. The number of H-pyrrole nitrogens is 1. The fourth-order valence-electron chi connectivity index (χ4n) is 3.74. The number of aromatic nitrogens is 3. The number of aliphatic carboxylic acids is 1. The standard InChI is InChI=1S/C20H21N5O3/c1-13-15(14-5-2-3-6-16(14)23-13)11-18(26)25-10-9-24(12-17(25)19(27)28)20-21-7-4-8-22-20/h2-8,17,23H,9-12H2,1H3,(H,27,28). The van der Waals surface area contributed by atoms with E-state index >= 15 is 0 Å². The van der Waals surface area contributed by atoms with Gasteiger partial charge < -0.3 is 19.9 Å². The Morgan fingerprint density at radius 3 is 2.68 bits per heavy atom. The average Bonchev–Trinajstić information content (AvgIpc) is 3.03. The van der Waals surface area contributed by atoms with Crippen molar-refractivity contribution >= 4 is 28.7 Å². The summed E-state index contributed by atoms with van der Waals surface area (Å²) in [5, 5.41) is 10.7. The number of benzene rings is 1. The number of piperazine rings is 1. The number of carboxylic acids is 1. The van der Waals surface area contributed by atoms with Crippen molar-refractivity contribution in [3.63, 3.8) is 0 Å². The number of hydrogen-bond acceptors (Lipinski definition) is 5. The van der Waals surface area contributed by atoms with Crippen molar-refractivity contribution in [2.24, 2.45) is 0 Å². The van der Waals surface area contributed by atoms with E-state index in [1.165, 1.54) is 4.90 Å². The van der Waals surface area contributed by atoms with Crippen molar-refractivity contribution in [1.82, 2.24) is 19.9 Å². The molecule has 8 heteroatoms. The lowest BCUT2D eigenvalue weighted by atomic mass is 10.1. The van der Waals surface area contributed by atoms with E-state index in [9.17, 15) is 14.7 Å². The van der Waals surface area contributed by atoms with Crippen LogP contribution in [0, 0.1) is 6.92 Å². The topological polar surface area (TPSA) is 102 Å². The highest BCUT2D eigenvalue weighted by Crippen LogP contribution is 2.24. The first kappa shape index (κ1) is 18.0. The maximum atomic E-state index is 13.0. The van der Waals surface area contributed by atoms with Crippen LogP contribution in [0.4, 0.5) is 5.95 Å². The normalized spacial score (nSPS) is 17.1. The first-order valence-electron chi connectivity index (χ1n) is 9.15. The van der Waals surface area contributed by atoms with Crippen LogP contribution in [0.25, 0.3) is 10.9 Å². The van der Waals surface area contributed by atoms with E-state index in [2.05, 4.69) is 15.0 Å². The first-order chi connectivity index (χ1) is 13.5. The van der Waals surface area contributed by atoms with Crippen molar-refractivity contribution in [2.45, 2.75) is 19.4 Å². The molecule has 0 bridgehead atoms. The number of nitrogens with zero attached hydrogens (tertiary/aromatic N) is 4. The third-order valence-corrected chi connectivity index (χ3v) is 5.18. The zero-order valence-corrected chi connectivity index (χ0v) is 15.5. The van der Waals surface area contributed by atoms with Gasteiger partial charge in [0.2, 0.25) is 11.9 Å². The molecule has 144 valence electrons. The van der Waals surface area contributed by atoms with Crippen LogP contribution in [0.15, 0.2) is 42.7 Å². The van der Waals surface area contributed by atoms with Crippen LogP contribution in [-0.4, -0.2) is 62.5 Å². The molecule has 2 N–H and O–H groups in total. The second-order valence-corrected chi connectivity index (χ2v) is 6.89. The molecule has 0 spiro atoms. The van der Waals surface area contributed by atoms with Gasteiger partial charge in [0.25, 0.3) is 0 Å². The third kappa shape index (κ3) is 3.28. The zero-order chi connectivity index (χ0) is 19.7. The van der Waals surface area contributed by atoms with Crippen molar-refractivity contribution in [1.29, 1.82) is 0 Å². The molecule has 1 aromatic carbocycles. The molecule has 1 amide bonds. The molecule has 1 atom stereocenters. The van der Waals surface area contributed by atoms with Crippen molar-refractivity contribution < 1.29 is 14.7 Å². The number of aryl methyl sites for hydroxylation is 1. The minimum Gasteiger partial charge on any atom is -0.480 e. The maximum absolute atomic E-state index is 13.0. The molecule has 3 heterocycles. The SMILES string of the molecule is Cc1[nH]c2ccccc2c1CC(=O)N1CCN(c2ncccn2)CC1C(=O)O. The third-order valence-electron chi connectivity index (χ3n) is 5.18. The number of anilines is 1. The monoisotopic (exact) mass is 379 g/mol. The van der Waals surface area contributed by atoms with Crippen molar-refractivity contribution in [3.8, 4) is 0 Å². The van der Waals surface area contributed by atoms with Gasteiger partial charge in [-0.2, -0.15) is 0 Å². The molecule has 0 radical (unpaired) electrons. The molecule has 1 aliphatic rings. The van der Waals surface area contributed by atoms with E-state index in [0.717, 1.165) is 22.2 Å². The van der Waals surface area contributed by atoms with Gasteiger partial charge >= 0.3 is 5.97 Å². The Hall–Kier alpha value is -3.42. The Kier molecular flexibility index (Phi) is 4.68. The van der Waals surface area contributed by atoms with Gasteiger partial charge in [0, 0.05) is 42.1 Å². The molecule has 4 rings (SSSR count). The van der Waals surface area contributed by atoms with Crippen molar-refractivity contribution in [2.75, 3.05) is 24.5 Å². The number of aromatic amines is 1. The number of carbonyl (C=O) groups is 2. The lowest BCUT2D eigenvalue weighted by molar-refractivity contribution is -0.150. The number of nitrogens with one attached hydrogen (secondary N) is 1. The summed E-state index contributed by atoms with van der Waals surface area (Å²) < 4.78 is 0. The molecule has 0 saturated carbocycles. The van der Waals surface area contributed by atoms with Crippen LogP contribution in [0.5, 0.6) is 0 Å². The number of rotatable bonds is 4. The molecule has 1 fully saturated rings. The Labute approximate surface area is 161 Å². The van der Waals surface area contributed by atoms with Crippen LogP contribution in [0.3, 0.4) is 0 Å². The maximum Gasteiger partial charge on any atom is 0.328 e. The number of fused-ring (bicyclic) bond motifs is 1. The number of carbonyl (C=O) groups excluding carboxylic acids is 1. The van der Waals surface area contributed by atoms with Crippen molar-refractivity contribution in [3.05, 3.63) is 54.0 Å². The summed E-state index contributed by atoms with van der Waals surface area (Å²) in [5.74, 6) is -0.730. The van der Waals surface area contributed by atoms with Crippen LogP contribution >= 0.6 is 0 Å². The fourth-order valence-corrected chi connectivity index (χ4v) is 3.74. The van der Waals surface area contributed by atoms with Gasteiger partial charge in [-0.15, -0.1) is 0 Å². The summed E-state index contributed by atoms with van der Waals surface area (Å²) >= 11 is 0. The molecular weight excluding hydrogens is 358 g/mol. The van der Waals surface area contributed by atoms with Gasteiger partial charge in [-0.3, -0.25) is 4.79 Å². The van der Waals surface area contributed by atoms with Gasteiger partial charge in [-0.25, -0.2) is 14.8 Å². The summed E-state index contributed by atoms with van der Waals surface area (Å²) in [4.78, 5) is 39.8. The van der Waals surface area contributed by atoms with E-state index in [1.807, 2.05) is 31.2 Å². The summed E-state index contributed by atoms with van der Waals surface area (Å²) in [7, 11) is 0. The summed E-state index contributed by atoms with van der Waals surface area (Å²) in [6.45, 7) is 2.90. The molecular formula is C20H21N5O3. The number of para-hydroxylation sites is 1. The second-order valence-electron chi connectivity index (χ2n) is 6.89. The number of amides is 1. The van der Waals surface area contributed by atoms with E-state index < -0.39 is 12.0 Å². The van der Waals surface area contributed by atoms with Crippen LogP contribution < -0.4 is 4.90 Å². The zero-order valence-electron chi connectivity index (χ0n) is 15.5. The molecule has 1 unspecified atom stereocenters. The molecule has 8 nitrogen and oxygen atoms in total. The quantitative estimate of drug-likeness (QED) is 0.714. The smallest absolute Gasteiger partial charge is 0.328 e. The second kappa shape index (κ2) is 7.30. The predicted molar refractivity (Wildman–Crippen MR) is 104 cm³/mol. The van der Waals surface area contributed by atoms with E-state index in [1.54, 1.807) is 23.4 Å². The number of carboxylic acid groups (broad SMARTS) is 1. The highest BCUT2D eigenvalue weighted by atomic mass is 16.4. The molecule has 2 aromatic heterocycles. The number of hydrogen-bond donors (Lipinski definition) is 2. The molecule has 1 aliphatic heterocycles. The Morgan fingerprint density at radius 2 is 1.93 bits per heavy atom.